The van der Waals surface area contributed by atoms with E-state index in [2.05, 4.69) is 96.9 Å². The normalized spacial score (nSPS) is 10.8. The Kier molecular flexibility index (Phi) is 11.7. The molecule has 0 radical (unpaired) electrons. The lowest BCUT2D eigenvalue weighted by Crippen LogP contribution is -2.10. The third-order valence-electron chi connectivity index (χ3n) is 6.37. The molecule has 0 heterocycles. The summed E-state index contributed by atoms with van der Waals surface area (Å²) in [6.45, 7) is 3.82. The van der Waals surface area contributed by atoms with Gasteiger partial charge in [0, 0.05) is 23.5 Å². The summed E-state index contributed by atoms with van der Waals surface area (Å²) in [6, 6.07) is 26.8. The van der Waals surface area contributed by atoms with E-state index >= 15 is 0 Å². The van der Waals surface area contributed by atoms with E-state index in [1.807, 2.05) is 6.08 Å². The van der Waals surface area contributed by atoms with E-state index in [1.54, 1.807) is 0 Å². The van der Waals surface area contributed by atoms with Crippen LogP contribution in [-0.4, -0.2) is 12.0 Å². The lowest BCUT2D eigenvalue weighted by atomic mass is 10.0. The maximum atomic E-state index is 10.6. The van der Waals surface area contributed by atoms with Crippen molar-refractivity contribution in [2.45, 2.75) is 64.2 Å². The van der Waals surface area contributed by atoms with E-state index in [0.717, 1.165) is 68.4 Å². The highest BCUT2D eigenvalue weighted by atomic mass is 32.1. The van der Waals surface area contributed by atoms with Crippen molar-refractivity contribution in [3.63, 3.8) is 0 Å². The maximum absolute atomic E-state index is 10.6. The molecular formula is C32H39NOS. The molecule has 3 aromatic carbocycles. The van der Waals surface area contributed by atoms with Gasteiger partial charge in [-0.3, -0.25) is 0 Å². The molecule has 0 aliphatic rings. The van der Waals surface area contributed by atoms with Crippen molar-refractivity contribution < 1.29 is 4.79 Å². The van der Waals surface area contributed by atoms with E-state index in [-0.39, 0.29) is 0 Å². The molecule has 35 heavy (non-hydrogen) atoms. The molecule has 0 unspecified atom stereocenters. The number of unbranched alkanes of at least 4 members (excludes halogenated alkanes) is 4. The standard InChI is InChI=1S/C32H39NOS/c1-2-3-4-6-10-27-13-19-30(20-14-27)33(32-23-17-29(18-24-32)12-9-26-35)31-21-15-28(16-22-31)11-7-5-8-25-34/h2,13-25,35H,1,3-12,26H2. The second-order valence-electron chi connectivity index (χ2n) is 9.11. The number of aryl methyl sites for hydroxylation is 3. The summed E-state index contributed by atoms with van der Waals surface area (Å²) in [4.78, 5) is 12.9. The fourth-order valence-corrected chi connectivity index (χ4v) is 4.50. The third-order valence-corrected chi connectivity index (χ3v) is 6.68. The number of aldehydes is 1. The predicted molar refractivity (Wildman–Crippen MR) is 155 cm³/mol. The van der Waals surface area contributed by atoms with Gasteiger partial charge in [-0.05, 0) is 117 Å². The van der Waals surface area contributed by atoms with Gasteiger partial charge in [0.2, 0.25) is 0 Å². The van der Waals surface area contributed by atoms with Crippen LogP contribution in [0.25, 0.3) is 0 Å². The van der Waals surface area contributed by atoms with E-state index in [9.17, 15) is 4.79 Å². The van der Waals surface area contributed by atoms with Crippen LogP contribution < -0.4 is 4.90 Å². The van der Waals surface area contributed by atoms with Gasteiger partial charge in [0.15, 0.2) is 0 Å². The maximum Gasteiger partial charge on any atom is 0.119 e. The van der Waals surface area contributed by atoms with Gasteiger partial charge in [0.05, 0.1) is 0 Å². The topological polar surface area (TPSA) is 20.3 Å². The molecule has 0 aliphatic carbocycles. The Balaban J connectivity index is 1.81. The third kappa shape index (κ3) is 8.74. The summed E-state index contributed by atoms with van der Waals surface area (Å²) in [6.07, 6.45) is 13.4. The lowest BCUT2D eigenvalue weighted by molar-refractivity contribution is -0.107. The fraction of sp³-hybridized carbons (Fsp3) is 0.344. The van der Waals surface area contributed by atoms with Crippen molar-refractivity contribution >= 4 is 36.0 Å². The van der Waals surface area contributed by atoms with E-state index in [1.165, 1.54) is 35.2 Å². The fourth-order valence-electron chi connectivity index (χ4n) is 4.34. The van der Waals surface area contributed by atoms with Crippen molar-refractivity contribution in [3.05, 3.63) is 102 Å². The number of nitrogens with zero attached hydrogens (tertiary/aromatic N) is 1. The Bertz CT molecular complexity index is 949. The largest absolute Gasteiger partial charge is 0.311 e. The minimum atomic E-state index is 0.653. The van der Waals surface area contributed by atoms with Crippen LogP contribution >= 0.6 is 12.6 Å². The number of allylic oxidation sites excluding steroid dienone is 1. The number of carbonyl (C=O) groups is 1. The number of hydrogen-bond donors (Lipinski definition) is 1. The van der Waals surface area contributed by atoms with Crippen LogP contribution in [0.3, 0.4) is 0 Å². The molecule has 184 valence electrons. The summed E-state index contributed by atoms with van der Waals surface area (Å²) < 4.78 is 0. The van der Waals surface area contributed by atoms with Gasteiger partial charge in [0.25, 0.3) is 0 Å². The van der Waals surface area contributed by atoms with Gasteiger partial charge in [-0.25, -0.2) is 0 Å². The smallest absolute Gasteiger partial charge is 0.119 e. The molecule has 3 aromatic rings. The number of rotatable bonds is 16. The van der Waals surface area contributed by atoms with Crippen molar-refractivity contribution in [1.82, 2.24) is 0 Å². The molecule has 0 amide bonds. The van der Waals surface area contributed by atoms with Crippen LogP contribution in [0.4, 0.5) is 17.1 Å². The highest BCUT2D eigenvalue weighted by Crippen LogP contribution is 2.35. The number of benzene rings is 3. The first-order valence-corrected chi connectivity index (χ1v) is 13.6. The highest BCUT2D eigenvalue weighted by Gasteiger charge is 2.13. The van der Waals surface area contributed by atoms with E-state index in [4.69, 9.17) is 0 Å². The Morgan fingerprint density at radius 3 is 1.37 bits per heavy atom. The number of anilines is 3. The summed E-state index contributed by atoms with van der Waals surface area (Å²) in [5.74, 6) is 0.912. The Labute approximate surface area is 217 Å². The molecule has 3 rings (SSSR count). The van der Waals surface area contributed by atoms with Gasteiger partial charge in [-0.1, -0.05) is 42.5 Å². The minimum Gasteiger partial charge on any atom is -0.311 e. The van der Waals surface area contributed by atoms with Crippen LogP contribution in [0.5, 0.6) is 0 Å². The molecule has 0 bridgehead atoms. The first-order chi connectivity index (χ1) is 17.2. The van der Waals surface area contributed by atoms with Crippen molar-refractivity contribution in [2.24, 2.45) is 0 Å². The summed E-state index contributed by atoms with van der Waals surface area (Å²) >= 11 is 4.35. The molecule has 0 saturated heterocycles. The summed E-state index contributed by atoms with van der Waals surface area (Å²) in [5, 5.41) is 0. The molecule has 0 aliphatic heterocycles. The van der Waals surface area contributed by atoms with Crippen LogP contribution in [-0.2, 0) is 24.1 Å². The summed E-state index contributed by atoms with van der Waals surface area (Å²) in [7, 11) is 0. The molecule has 2 nitrogen and oxygen atoms in total. The zero-order valence-electron chi connectivity index (χ0n) is 20.9. The van der Waals surface area contributed by atoms with Crippen LogP contribution in [0, 0.1) is 0 Å². The average molecular weight is 486 g/mol. The van der Waals surface area contributed by atoms with Gasteiger partial charge in [-0.2, -0.15) is 12.6 Å². The van der Waals surface area contributed by atoms with Gasteiger partial charge in [0.1, 0.15) is 6.29 Å². The Morgan fingerprint density at radius 2 is 1.00 bits per heavy atom. The molecule has 0 saturated carbocycles. The quantitative estimate of drug-likeness (QED) is 0.0946. The first-order valence-electron chi connectivity index (χ1n) is 13.0. The highest BCUT2D eigenvalue weighted by molar-refractivity contribution is 7.80. The van der Waals surface area contributed by atoms with Crippen molar-refractivity contribution in [2.75, 3.05) is 10.7 Å². The zero-order valence-corrected chi connectivity index (χ0v) is 21.8. The van der Waals surface area contributed by atoms with Crippen molar-refractivity contribution in [1.29, 1.82) is 0 Å². The van der Waals surface area contributed by atoms with Crippen LogP contribution in [0.2, 0.25) is 0 Å². The average Bonchev–Trinajstić information content (AvgIpc) is 2.90. The summed E-state index contributed by atoms with van der Waals surface area (Å²) in [5.41, 5.74) is 7.53. The molecule has 3 heteroatoms. The van der Waals surface area contributed by atoms with Crippen molar-refractivity contribution in [3.8, 4) is 0 Å². The number of carbonyl (C=O) groups excluding carboxylic acids is 1. The predicted octanol–water partition coefficient (Wildman–Crippen LogP) is 8.83. The molecular weight excluding hydrogens is 446 g/mol. The first kappa shape index (κ1) is 26.8. The second kappa shape index (κ2) is 15.3. The van der Waals surface area contributed by atoms with E-state index in [0.29, 0.717) is 6.42 Å². The number of thiol groups is 1. The van der Waals surface area contributed by atoms with Gasteiger partial charge >= 0.3 is 0 Å². The van der Waals surface area contributed by atoms with Gasteiger partial charge in [-0.15, -0.1) is 6.58 Å². The lowest BCUT2D eigenvalue weighted by Gasteiger charge is -2.26. The number of hydrogen-bond acceptors (Lipinski definition) is 3. The molecule has 0 aromatic heterocycles. The Hall–Kier alpha value is -2.78. The monoisotopic (exact) mass is 485 g/mol. The van der Waals surface area contributed by atoms with E-state index < -0.39 is 0 Å². The molecule has 0 fully saturated rings. The molecule has 0 N–H and O–H groups in total. The Morgan fingerprint density at radius 1 is 0.600 bits per heavy atom. The minimum absolute atomic E-state index is 0.653. The van der Waals surface area contributed by atoms with Gasteiger partial charge < -0.3 is 9.69 Å². The zero-order chi connectivity index (χ0) is 24.7. The SMILES string of the molecule is C=CCCCCc1ccc(N(c2ccc(CCCS)cc2)c2ccc(CCCCC=O)cc2)cc1. The van der Waals surface area contributed by atoms with Crippen LogP contribution in [0.15, 0.2) is 85.5 Å². The second-order valence-corrected chi connectivity index (χ2v) is 9.56. The molecule has 0 spiro atoms. The van der Waals surface area contributed by atoms with Crippen LogP contribution in [0.1, 0.15) is 61.6 Å². The molecule has 0 atom stereocenters.